The van der Waals surface area contributed by atoms with Crippen molar-refractivity contribution in [2.45, 2.75) is 38.4 Å². The third-order valence-electron chi connectivity index (χ3n) is 5.63. The van der Waals surface area contributed by atoms with Gasteiger partial charge in [0.1, 0.15) is 12.1 Å². The number of nitrogens with zero attached hydrogens (tertiary/aromatic N) is 3. The van der Waals surface area contributed by atoms with Crippen LogP contribution in [0.4, 0.5) is 0 Å². The van der Waals surface area contributed by atoms with Crippen LogP contribution in [-0.4, -0.2) is 47.5 Å². The molecule has 4 rings (SSSR count). The van der Waals surface area contributed by atoms with Crippen LogP contribution in [-0.2, 0) is 9.59 Å². The van der Waals surface area contributed by atoms with Crippen molar-refractivity contribution in [2.75, 3.05) is 13.8 Å². The Kier molecular flexibility index (Phi) is 3.23. The monoisotopic (exact) mass is 341 g/mol. The first-order valence-electron chi connectivity index (χ1n) is 8.27. The third-order valence-corrected chi connectivity index (χ3v) is 5.63. The van der Waals surface area contributed by atoms with Gasteiger partial charge in [-0.1, -0.05) is 6.07 Å². The van der Waals surface area contributed by atoms with Crippen molar-refractivity contribution in [3.63, 3.8) is 0 Å². The van der Waals surface area contributed by atoms with E-state index in [2.05, 4.69) is 6.07 Å². The van der Waals surface area contributed by atoms with Gasteiger partial charge in [-0.25, -0.2) is 0 Å². The topological polar surface area (TPSA) is 82.9 Å². The lowest BCUT2D eigenvalue weighted by Gasteiger charge is -2.42. The first-order valence-corrected chi connectivity index (χ1v) is 8.27. The summed E-state index contributed by atoms with van der Waals surface area (Å²) in [5, 5.41) is 9.83. The summed E-state index contributed by atoms with van der Waals surface area (Å²) in [6.07, 6.45) is 0.324. The van der Waals surface area contributed by atoms with E-state index in [1.807, 2.05) is 19.1 Å². The Balaban J connectivity index is 1.83. The molecule has 0 aliphatic carbocycles. The van der Waals surface area contributed by atoms with Crippen LogP contribution in [0, 0.1) is 16.7 Å². The minimum atomic E-state index is -0.853. The van der Waals surface area contributed by atoms with Crippen LogP contribution >= 0.6 is 0 Å². The number of ether oxygens (including phenoxy) is 2. The fraction of sp³-hybridized carbons (Fsp3) is 0.500. The second-order valence-electron chi connectivity index (χ2n) is 7.14. The van der Waals surface area contributed by atoms with Gasteiger partial charge < -0.3 is 19.3 Å². The summed E-state index contributed by atoms with van der Waals surface area (Å²) in [5.74, 6) is 0.999. The fourth-order valence-corrected chi connectivity index (χ4v) is 4.11. The Hall–Kier alpha value is -2.75. The maximum absolute atomic E-state index is 13.0. The van der Waals surface area contributed by atoms with Crippen molar-refractivity contribution in [3.05, 3.63) is 23.8 Å². The zero-order valence-electron chi connectivity index (χ0n) is 14.4. The number of amides is 2. The Morgan fingerprint density at radius 2 is 1.96 bits per heavy atom. The van der Waals surface area contributed by atoms with Crippen molar-refractivity contribution < 1.29 is 19.1 Å². The number of nitriles is 1. The van der Waals surface area contributed by atoms with Crippen molar-refractivity contribution in [2.24, 2.45) is 5.41 Å². The van der Waals surface area contributed by atoms with Crippen LogP contribution in [0.15, 0.2) is 18.2 Å². The molecule has 130 valence electrons. The lowest BCUT2D eigenvalue weighted by molar-refractivity contribution is -0.159. The quantitative estimate of drug-likeness (QED) is 0.772. The molecular weight excluding hydrogens is 322 g/mol. The fourth-order valence-electron chi connectivity index (χ4n) is 4.11. The van der Waals surface area contributed by atoms with Gasteiger partial charge in [-0.2, -0.15) is 5.26 Å². The lowest BCUT2D eigenvalue weighted by atomic mass is 9.79. The predicted octanol–water partition coefficient (Wildman–Crippen LogP) is 1.45. The summed E-state index contributed by atoms with van der Waals surface area (Å²) in [7, 11) is 1.64. The largest absolute Gasteiger partial charge is 0.454 e. The van der Waals surface area contributed by atoms with E-state index in [4.69, 9.17) is 9.47 Å². The Labute approximate surface area is 145 Å². The van der Waals surface area contributed by atoms with E-state index in [1.165, 1.54) is 4.90 Å². The van der Waals surface area contributed by atoms with Crippen molar-refractivity contribution in [3.8, 4) is 17.6 Å². The van der Waals surface area contributed by atoms with E-state index < -0.39 is 23.5 Å². The van der Waals surface area contributed by atoms with E-state index in [0.29, 0.717) is 17.9 Å². The number of rotatable bonds is 1. The number of hydrogen-bond acceptors (Lipinski definition) is 5. The summed E-state index contributed by atoms with van der Waals surface area (Å²) in [6.45, 7) is 3.69. The highest BCUT2D eigenvalue weighted by Gasteiger charge is 2.58. The predicted molar refractivity (Wildman–Crippen MR) is 86.5 cm³/mol. The third kappa shape index (κ3) is 2.03. The molecule has 1 aromatic rings. The SMILES string of the molecule is C[C@@H]1C(=O)N2C(C[C@](C)(C#N)[C@@H]2c2ccc3c(c2)OCO3)C(=O)N1C. The van der Waals surface area contributed by atoms with Gasteiger partial charge in [0.15, 0.2) is 11.5 Å². The molecule has 3 aliphatic heterocycles. The van der Waals surface area contributed by atoms with E-state index >= 15 is 0 Å². The van der Waals surface area contributed by atoms with Gasteiger partial charge in [-0.3, -0.25) is 9.59 Å². The molecule has 0 N–H and O–H groups in total. The number of carbonyl (C=O) groups excluding carboxylic acids is 2. The Bertz CT molecular complexity index is 817. The van der Waals surface area contributed by atoms with Crippen molar-refractivity contribution in [1.29, 1.82) is 5.26 Å². The second-order valence-corrected chi connectivity index (χ2v) is 7.14. The first kappa shape index (κ1) is 15.8. The van der Waals surface area contributed by atoms with E-state index in [-0.39, 0.29) is 18.6 Å². The number of benzene rings is 1. The van der Waals surface area contributed by atoms with Gasteiger partial charge >= 0.3 is 0 Å². The molecule has 0 radical (unpaired) electrons. The highest BCUT2D eigenvalue weighted by atomic mass is 16.7. The van der Waals surface area contributed by atoms with Crippen molar-refractivity contribution in [1.82, 2.24) is 9.80 Å². The molecule has 7 heteroatoms. The summed E-state index contributed by atoms with van der Waals surface area (Å²) < 4.78 is 10.8. The zero-order valence-corrected chi connectivity index (χ0v) is 14.4. The number of piperazine rings is 1. The van der Waals surface area contributed by atoms with Gasteiger partial charge in [-0.05, 0) is 38.0 Å². The molecule has 3 aliphatic rings. The summed E-state index contributed by atoms with van der Waals surface area (Å²) >= 11 is 0. The van der Waals surface area contributed by atoms with Crippen LogP contribution < -0.4 is 9.47 Å². The first-order chi connectivity index (χ1) is 11.9. The minimum absolute atomic E-state index is 0.114. The molecule has 7 nitrogen and oxygen atoms in total. The van der Waals surface area contributed by atoms with E-state index in [1.54, 1.807) is 24.9 Å². The average molecular weight is 341 g/mol. The smallest absolute Gasteiger partial charge is 0.246 e. The molecule has 2 fully saturated rings. The van der Waals surface area contributed by atoms with Gasteiger partial charge in [0.2, 0.25) is 18.6 Å². The Morgan fingerprint density at radius 3 is 2.68 bits per heavy atom. The molecule has 0 saturated carbocycles. The highest BCUT2D eigenvalue weighted by Crippen LogP contribution is 2.52. The number of likely N-dealkylation sites (N-methyl/N-ethyl adjacent to an activating group) is 1. The van der Waals surface area contributed by atoms with Gasteiger partial charge in [-0.15, -0.1) is 0 Å². The van der Waals surface area contributed by atoms with E-state index in [0.717, 1.165) is 5.56 Å². The van der Waals surface area contributed by atoms with Crippen LogP contribution in [0.5, 0.6) is 11.5 Å². The van der Waals surface area contributed by atoms with Crippen LogP contribution in [0.3, 0.4) is 0 Å². The van der Waals surface area contributed by atoms with Gasteiger partial charge in [0.05, 0.1) is 17.5 Å². The maximum Gasteiger partial charge on any atom is 0.246 e. The standard InChI is InChI=1S/C18H19N3O4/c1-10-16(22)21-12(17(23)20(10)3)7-18(2,8-19)15(21)11-4-5-13-14(6-11)25-9-24-13/h4-6,10,12,15H,7,9H2,1-3H3/t10-,12?,15+,18-/m1/s1. The molecule has 0 spiro atoms. The number of hydrogen-bond donors (Lipinski definition) is 0. The summed E-state index contributed by atoms with van der Waals surface area (Å²) in [4.78, 5) is 28.7. The Morgan fingerprint density at radius 1 is 1.24 bits per heavy atom. The molecule has 3 heterocycles. The zero-order chi connectivity index (χ0) is 17.9. The van der Waals surface area contributed by atoms with Crippen LogP contribution in [0.2, 0.25) is 0 Å². The summed E-state index contributed by atoms with van der Waals surface area (Å²) in [6, 6.07) is 6.15. The van der Waals surface area contributed by atoms with Crippen LogP contribution in [0.1, 0.15) is 31.9 Å². The number of carbonyl (C=O) groups is 2. The summed E-state index contributed by atoms with van der Waals surface area (Å²) in [5.41, 5.74) is -0.0668. The van der Waals surface area contributed by atoms with Gasteiger partial charge in [0, 0.05) is 7.05 Å². The van der Waals surface area contributed by atoms with Gasteiger partial charge in [0.25, 0.3) is 0 Å². The maximum atomic E-state index is 13.0. The van der Waals surface area contributed by atoms with E-state index in [9.17, 15) is 14.9 Å². The average Bonchev–Trinajstić information content (AvgIpc) is 3.20. The second kappa shape index (κ2) is 5.12. The molecule has 0 bridgehead atoms. The lowest BCUT2D eigenvalue weighted by Crippen LogP contribution is -2.60. The molecule has 2 saturated heterocycles. The molecule has 2 amide bonds. The normalized spacial score (nSPS) is 33.4. The van der Waals surface area contributed by atoms with Crippen LogP contribution in [0.25, 0.3) is 0 Å². The molecule has 1 unspecified atom stereocenters. The molecule has 1 aromatic carbocycles. The molecular formula is C18H19N3O4. The number of fused-ring (bicyclic) bond motifs is 2. The molecule has 25 heavy (non-hydrogen) atoms. The van der Waals surface area contributed by atoms with Crippen molar-refractivity contribution >= 4 is 11.8 Å². The molecule has 4 atom stereocenters. The highest BCUT2D eigenvalue weighted by molar-refractivity contribution is 5.97. The molecule has 0 aromatic heterocycles. The minimum Gasteiger partial charge on any atom is -0.454 e.